The highest BCUT2D eigenvalue weighted by Gasteiger charge is 2.11. The van der Waals surface area contributed by atoms with E-state index in [0.717, 1.165) is 44.1 Å². The third kappa shape index (κ3) is 17.7. The number of unbranched alkanes of at least 4 members (excludes halogenated alkanes) is 5. The van der Waals surface area contributed by atoms with Crippen LogP contribution in [0.3, 0.4) is 0 Å². The summed E-state index contributed by atoms with van der Waals surface area (Å²) in [6.07, 6.45) is 10.4. The predicted octanol–water partition coefficient (Wildman–Crippen LogP) is 5.93. The molecule has 0 heterocycles. The summed E-state index contributed by atoms with van der Waals surface area (Å²) < 4.78 is 25.5. The molecule has 37 heavy (non-hydrogen) atoms. The van der Waals surface area contributed by atoms with Gasteiger partial charge in [-0.25, -0.2) is 9.13 Å². The highest BCUT2D eigenvalue weighted by Crippen LogP contribution is 2.12. The first-order valence-electron chi connectivity index (χ1n) is 13.3. The van der Waals surface area contributed by atoms with E-state index in [1.54, 1.807) is 0 Å². The summed E-state index contributed by atoms with van der Waals surface area (Å²) in [6.45, 7) is 2.35. The Morgan fingerprint density at radius 3 is 2.11 bits per heavy atom. The monoisotopic (exact) mass is 533 g/mol. The van der Waals surface area contributed by atoms with Crippen molar-refractivity contribution in [2.24, 2.45) is 0 Å². The molecule has 0 aliphatic rings. The Labute approximate surface area is 222 Å². The van der Waals surface area contributed by atoms with E-state index >= 15 is 0 Å². The predicted molar refractivity (Wildman–Crippen MR) is 147 cm³/mol. The lowest BCUT2D eigenvalue weighted by atomic mass is 10.1. The summed E-state index contributed by atoms with van der Waals surface area (Å²) in [6, 6.07) is 19.7. The molecule has 206 valence electrons. The van der Waals surface area contributed by atoms with E-state index in [4.69, 9.17) is 9.84 Å². The lowest BCUT2D eigenvalue weighted by molar-refractivity contribution is -0.122. The number of hydrogen-bond donors (Lipinski definition) is 3. The molecule has 2 rings (SSSR count). The Morgan fingerprint density at radius 2 is 1.51 bits per heavy atom. The fourth-order valence-corrected chi connectivity index (χ4v) is 3.91. The van der Waals surface area contributed by atoms with Crippen LogP contribution in [0.25, 0.3) is 0 Å². The second-order valence-corrected chi connectivity index (χ2v) is 10.3. The van der Waals surface area contributed by atoms with E-state index in [0.29, 0.717) is 13.0 Å². The molecular weight excluding hydrogens is 489 g/mol. The Bertz CT molecular complexity index is 884. The number of aliphatic hydroxyl groups is 2. The Hall–Kier alpha value is -2.31. The van der Waals surface area contributed by atoms with Crippen LogP contribution >= 0.6 is 7.68 Å². The minimum absolute atomic E-state index is 0.0475. The summed E-state index contributed by atoms with van der Waals surface area (Å²) in [5.41, 5.74) is 2.31. The summed E-state index contributed by atoms with van der Waals surface area (Å²) in [5, 5.41) is 21.2. The smallest absolute Gasteiger partial charge is 0.347 e. The van der Waals surface area contributed by atoms with Crippen molar-refractivity contribution in [1.29, 1.82) is 0 Å². The Morgan fingerprint density at radius 1 is 0.892 bits per heavy atom. The fraction of sp³-hybridized carbons (Fsp3) is 0.552. The van der Waals surface area contributed by atoms with Crippen molar-refractivity contribution in [3.8, 4) is 0 Å². The zero-order valence-electron chi connectivity index (χ0n) is 22.1. The molecule has 0 bridgehead atoms. The van der Waals surface area contributed by atoms with Gasteiger partial charge in [0.05, 0.1) is 25.9 Å². The largest absolute Gasteiger partial charge is 0.394 e. The molecule has 0 radical (unpaired) electrons. The number of carbonyl (C=O) groups excluding carboxylic acids is 1. The van der Waals surface area contributed by atoms with Gasteiger partial charge in [-0.2, -0.15) is 0 Å². The number of amides is 1. The number of aliphatic hydroxyl groups excluding tert-OH is 2. The van der Waals surface area contributed by atoms with Crippen LogP contribution in [0.4, 0.5) is 0 Å². The first kappa shape index (κ1) is 32.7. The van der Waals surface area contributed by atoms with Gasteiger partial charge in [0.15, 0.2) is 5.85 Å². The SMILES string of the molecule is CCCCCCC(CO)NC(=O)CCCCCc1ccccc1.O=P(=O)C(O)COCc1ccccc1. The van der Waals surface area contributed by atoms with Crippen molar-refractivity contribution >= 4 is 13.6 Å². The normalized spacial score (nSPS) is 12.2. The van der Waals surface area contributed by atoms with Crippen LogP contribution in [0.1, 0.15) is 75.8 Å². The summed E-state index contributed by atoms with van der Waals surface area (Å²) in [4.78, 5) is 11.9. The standard InChI is InChI=1S/C20H33NO2.C9H11O4P/c1-2-3-4-10-15-19(17-22)21-20(23)16-11-6-9-14-18-12-7-5-8-13-18;10-9(14(11)12)7-13-6-8-4-2-1-3-5-8/h5,7-8,12-13,19,22H,2-4,6,9-11,14-17H2,1H3,(H,21,23);1-5,9-10H,6-7H2. The van der Waals surface area contributed by atoms with E-state index in [-0.39, 0.29) is 25.2 Å². The second kappa shape index (κ2) is 21.7. The van der Waals surface area contributed by atoms with Crippen LogP contribution in [-0.2, 0) is 31.7 Å². The van der Waals surface area contributed by atoms with Gasteiger partial charge in [0.1, 0.15) is 0 Å². The highest BCUT2D eigenvalue weighted by atomic mass is 31.1. The van der Waals surface area contributed by atoms with Gasteiger partial charge >= 0.3 is 7.68 Å². The maximum atomic E-state index is 11.9. The molecule has 2 aromatic carbocycles. The van der Waals surface area contributed by atoms with Crippen molar-refractivity contribution in [2.45, 2.75) is 89.6 Å². The zero-order chi connectivity index (χ0) is 27.1. The summed E-state index contributed by atoms with van der Waals surface area (Å²) in [7, 11) is -2.81. The first-order chi connectivity index (χ1) is 18.0. The Balaban J connectivity index is 0.000000417. The lowest BCUT2D eigenvalue weighted by Gasteiger charge is -2.16. The van der Waals surface area contributed by atoms with E-state index in [9.17, 15) is 19.0 Å². The van der Waals surface area contributed by atoms with Crippen molar-refractivity contribution in [3.05, 3.63) is 71.8 Å². The molecule has 0 fully saturated rings. The van der Waals surface area contributed by atoms with Gasteiger partial charge in [-0.15, -0.1) is 0 Å². The highest BCUT2D eigenvalue weighted by molar-refractivity contribution is 7.31. The number of benzene rings is 2. The van der Waals surface area contributed by atoms with Gasteiger partial charge in [-0.05, 0) is 36.8 Å². The van der Waals surface area contributed by atoms with Crippen LogP contribution in [-0.4, -0.2) is 41.2 Å². The van der Waals surface area contributed by atoms with E-state index < -0.39 is 13.5 Å². The van der Waals surface area contributed by atoms with Gasteiger partial charge < -0.3 is 20.3 Å². The molecule has 2 unspecified atom stereocenters. The van der Waals surface area contributed by atoms with Crippen molar-refractivity contribution in [3.63, 3.8) is 0 Å². The molecule has 2 aromatic rings. The number of carbonyl (C=O) groups is 1. The molecule has 0 saturated carbocycles. The number of rotatable bonds is 18. The summed E-state index contributed by atoms with van der Waals surface area (Å²) in [5.74, 6) is -1.33. The number of aryl methyl sites for hydroxylation is 1. The maximum Gasteiger partial charge on any atom is 0.347 e. The van der Waals surface area contributed by atoms with Gasteiger partial charge in [0, 0.05) is 6.42 Å². The summed E-state index contributed by atoms with van der Waals surface area (Å²) >= 11 is 0. The molecule has 1 amide bonds. The third-order valence-corrected chi connectivity index (χ3v) is 6.46. The Kier molecular flexibility index (Phi) is 19.2. The second-order valence-electron chi connectivity index (χ2n) is 9.11. The first-order valence-corrected chi connectivity index (χ1v) is 14.6. The number of ether oxygens (including phenoxy) is 1. The molecule has 0 saturated heterocycles. The van der Waals surface area contributed by atoms with Crippen molar-refractivity contribution < 1.29 is 28.9 Å². The average Bonchev–Trinajstić information content (AvgIpc) is 2.91. The van der Waals surface area contributed by atoms with Crippen LogP contribution < -0.4 is 5.32 Å². The minimum atomic E-state index is -2.81. The molecule has 0 spiro atoms. The van der Waals surface area contributed by atoms with E-state index in [2.05, 4.69) is 36.5 Å². The number of hydrogen-bond acceptors (Lipinski definition) is 6. The molecule has 0 aromatic heterocycles. The van der Waals surface area contributed by atoms with Gasteiger partial charge in [0.2, 0.25) is 5.91 Å². The zero-order valence-corrected chi connectivity index (χ0v) is 23.0. The van der Waals surface area contributed by atoms with Crippen LogP contribution in [0.2, 0.25) is 0 Å². The third-order valence-electron chi connectivity index (χ3n) is 5.83. The maximum absolute atomic E-state index is 11.9. The van der Waals surface area contributed by atoms with Crippen LogP contribution in [0.5, 0.6) is 0 Å². The van der Waals surface area contributed by atoms with Gasteiger partial charge in [0.25, 0.3) is 0 Å². The van der Waals surface area contributed by atoms with Crippen LogP contribution in [0, 0.1) is 0 Å². The molecule has 7 nitrogen and oxygen atoms in total. The molecule has 0 aliphatic heterocycles. The minimum Gasteiger partial charge on any atom is -0.394 e. The lowest BCUT2D eigenvalue weighted by Crippen LogP contribution is -2.37. The fourth-order valence-electron chi connectivity index (χ4n) is 3.68. The molecular formula is C29H44NO6P. The van der Waals surface area contributed by atoms with Gasteiger partial charge in [-0.3, -0.25) is 4.79 Å². The van der Waals surface area contributed by atoms with Crippen LogP contribution in [0.15, 0.2) is 60.7 Å². The van der Waals surface area contributed by atoms with Gasteiger partial charge in [-0.1, -0.05) is 99.7 Å². The topological polar surface area (TPSA) is 113 Å². The van der Waals surface area contributed by atoms with Crippen molar-refractivity contribution in [1.82, 2.24) is 5.32 Å². The quantitative estimate of drug-likeness (QED) is 0.162. The molecule has 3 N–H and O–H groups in total. The van der Waals surface area contributed by atoms with Crippen molar-refractivity contribution in [2.75, 3.05) is 13.2 Å². The van der Waals surface area contributed by atoms with E-state index in [1.807, 2.05) is 36.4 Å². The molecule has 2 atom stereocenters. The molecule has 8 heteroatoms. The van der Waals surface area contributed by atoms with E-state index in [1.165, 1.54) is 24.8 Å². The number of nitrogens with one attached hydrogen (secondary N) is 1. The average molecular weight is 534 g/mol. The molecule has 0 aliphatic carbocycles.